The SMILES string of the molecule is CC(=O)ONC(=O)N1Cc2ccccc2N(C(=O)c2ccc(N3CCCCC3)cc2Cl)C[C@H]1C. The number of halogens is 1. The maximum atomic E-state index is 13.7. The van der Waals surface area contributed by atoms with Crippen molar-refractivity contribution in [2.45, 2.75) is 45.7 Å². The molecule has 1 saturated heterocycles. The van der Waals surface area contributed by atoms with Gasteiger partial charge in [0.2, 0.25) is 0 Å². The van der Waals surface area contributed by atoms with Crippen molar-refractivity contribution in [1.82, 2.24) is 10.4 Å². The van der Waals surface area contributed by atoms with E-state index in [1.807, 2.05) is 43.3 Å². The Morgan fingerprint density at radius 1 is 1.06 bits per heavy atom. The number of hydroxylamine groups is 1. The molecule has 0 spiro atoms. The molecule has 2 aliphatic heterocycles. The highest BCUT2D eigenvalue weighted by Gasteiger charge is 2.32. The lowest BCUT2D eigenvalue weighted by atomic mass is 10.1. The smallest absolute Gasteiger partial charge is 0.351 e. The molecule has 8 nitrogen and oxygen atoms in total. The van der Waals surface area contributed by atoms with Gasteiger partial charge in [0.25, 0.3) is 5.91 Å². The van der Waals surface area contributed by atoms with Crippen LogP contribution >= 0.6 is 11.6 Å². The Kier molecular flexibility index (Phi) is 7.26. The average molecular weight is 485 g/mol. The number of fused-ring (bicyclic) bond motifs is 1. The lowest BCUT2D eigenvalue weighted by Crippen LogP contribution is -2.48. The molecule has 1 atom stereocenters. The summed E-state index contributed by atoms with van der Waals surface area (Å²) in [4.78, 5) is 47.7. The van der Waals surface area contributed by atoms with Gasteiger partial charge in [-0.3, -0.25) is 9.59 Å². The van der Waals surface area contributed by atoms with Gasteiger partial charge < -0.3 is 19.5 Å². The van der Waals surface area contributed by atoms with Crippen LogP contribution in [-0.2, 0) is 16.2 Å². The molecule has 0 aliphatic carbocycles. The van der Waals surface area contributed by atoms with Crippen molar-refractivity contribution >= 4 is 40.9 Å². The van der Waals surface area contributed by atoms with E-state index < -0.39 is 12.0 Å². The summed E-state index contributed by atoms with van der Waals surface area (Å²) in [5, 5.41) is 0.409. The molecule has 1 fully saturated rings. The maximum Gasteiger partial charge on any atom is 0.351 e. The molecule has 0 unspecified atom stereocenters. The molecule has 3 amide bonds. The molecule has 0 radical (unpaired) electrons. The Morgan fingerprint density at radius 3 is 2.50 bits per heavy atom. The molecule has 2 aliphatic rings. The number of hydrogen-bond donors (Lipinski definition) is 1. The summed E-state index contributed by atoms with van der Waals surface area (Å²) < 4.78 is 0. The maximum absolute atomic E-state index is 13.7. The molecule has 180 valence electrons. The van der Waals surface area contributed by atoms with Crippen LogP contribution in [0.3, 0.4) is 0 Å². The third-order valence-electron chi connectivity index (χ3n) is 6.29. The Hall–Kier alpha value is -3.26. The Balaban J connectivity index is 1.60. The summed E-state index contributed by atoms with van der Waals surface area (Å²) in [6, 6.07) is 12.2. The molecule has 0 bridgehead atoms. The number of carbonyl (C=O) groups is 3. The van der Waals surface area contributed by atoms with Gasteiger partial charge in [-0.15, -0.1) is 0 Å². The summed E-state index contributed by atoms with van der Waals surface area (Å²) >= 11 is 6.62. The minimum atomic E-state index is -0.615. The first-order valence-corrected chi connectivity index (χ1v) is 11.9. The third-order valence-corrected chi connectivity index (χ3v) is 6.61. The quantitative estimate of drug-likeness (QED) is 0.640. The topological polar surface area (TPSA) is 82.2 Å². The summed E-state index contributed by atoms with van der Waals surface area (Å²) in [5.41, 5.74) is 5.14. The van der Waals surface area contributed by atoms with E-state index in [1.54, 1.807) is 11.0 Å². The number of hydrogen-bond acceptors (Lipinski definition) is 5. The molecule has 2 aromatic rings. The molecule has 2 aromatic carbocycles. The standard InChI is InChI=1S/C25H29ClN4O4/c1-17-15-30(23-9-5-4-8-19(23)16-29(17)25(33)27-34-18(2)31)24(32)21-11-10-20(14-22(21)26)28-12-6-3-7-13-28/h4-5,8-11,14,17H,3,6-7,12-13,15-16H2,1-2H3,(H,27,33)/t17-/m1/s1. The molecular weight excluding hydrogens is 456 g/mol. The fourth-order valence-corrected chi connectivity index (χ4v) is 4.77. The highest BCUT2D eigenvalue weighted by atomic mass is 35.5. The van der Waals surface area contributed by atoms with E-state index in [9.17, 15) is 14.4 Å². The van der Waals surface area contributed by atoms with Crippen LogP contribution in [0.5, 0.6) is 0 Å². The Labute approximate surface area is 204 Å². The number of rotatable bonds is 2. The van der Waals surface area contributed by atoms with Gasteiger partial charge in [0.15, 0.2) is 0 Å². The van der Waals surface area contributed by atoms with Crippen LogP contribution in [0.4, 0.5) is 16.2 Å². The van der Waals surface area contributed by atoms with Crippen molar-refractivity contribution in [3.8, 4) is 0 Å². The molecule has 0 saturated carbocycles. The highest BCUT2D eigenvalue weighted by Crippen LogP contribution is 2.32. The van der Waals surface area contributed by atoms with Gasteiger partial charge in [-0.2, -0.15) is 5.48 Å². The average Bonchev–Trinajstić information content (AvgIpc) is 2.99. The first-order chi connectivity index (χ1) is 16.3. The van der Waals surface area contributed by atoms with Crippen LogP contribution < -0.4 is 15.3 Å². The van der Waals surface area contributed by atoms with Gasteiger partial charge in [0, 0.05) is 50.5 Å². The second kappa shape index (κ2) is 10.3. The van der Waals surface area contributed by atoms with E-state index in [0.29, 0.717) is 10.6 Å². The number of para-hydroxylation sites is 1. The lowest BCUT2D eigenvalue weighted by molar-refractivity contribution is -0.146. The van der Waals surface area contributed by atoms with E-state index in [0.717, 1.165) is 42.9 Å². The van der Waals surface area contributed by atoms with Crippen molar-refractivity contribution < 1.29 is 19.2 Å². The fraction of sp³-hybridized carbons (Fsp3) is 0.400. The number of benzene rings is 2. The summed E-state index contributed by atoms with van der Waals surface area (Å²) in [7, 11) is 0. The molecular formula is C25H29ClN4O4. The molecule has 34 heavy (non-hydrogen) atoms. The van der Waals surface area contributed by atoms with Crippen molar-refractivity contribution in [3.63, 3.8) is 0 Å². The molecule has 9 heteroatoms. The van der Waals surface area contributed by atoms with E-state index in [4.69, 9.17) is 11.6 Å². The summed E-state index contributed by atoms with van der Waals surface area (Å²) in [6.07, 6.45) is 3.55. The van der Waals surface area contributed by atoms with Gasteiger partial charge in [0.05, 0.1) is 10.6 Å². The molecule has 2 heterocycles. The van der Waals surface area contributed by atoms with Gasteiger partial charge in [-0.05, 0) is 56.0 Å². The first-order valence-electron chi connectivity index (χ1n) is 11.5. The number of anilines is 2. The first kappa shape index (κ1) is 23.9. The summed E-state index contributed by atoms with van der Waals surface area (Å²) in [6.45, 7) is 5.56. The number of carbonyl (C=O) groups excluding carboxylic acids is 3. The second-order valence-corrected chi connectivity index (χ2v) is 9.14. The zero-order valence-electron chi connectivity index (χ0n) is 19.4. The van der Waals surface area contributed by atoms with E-state index >= 15 is 0 Å². The number of nitrogens with zero attached hydrogens (tertiary/aromatic N) is 3. The van der Waals surface area contributed by atoms with Crippen molar-refractivity contribution in [2.75, 3.05) is 29.4 Å². The minimum absolute atomic E-state index is 0.225. The van der Waals surface area contributed by atoms with Crippen molar-refractivity contribution in [2.24, 2.45) is 0 Å². The molecule has 1 N–H and O–H groups in total. The zero-order chi connectivity index (χ0) is 24.2. The van der Waals surface area contributed by atoms with E-state index in [-0.39, 0.29) is 25.0 Å². The number of urea groups is 1. The van der Waals surface area contributed by atoms with Crippen LogP contribution in [0, 0.1) is 0 Å². The van der Waals surface area contributed by atoms with Crippen LogP contribution in [0.2, 0.25) is 5.02 Å². The zero-order valence-corrected chi connectivity index (χ0v) is 20.2. The van der Waals surface area contributed by atoms with Crippen LogP contribution in [0.15, 0.2) is 42.5 Å². The van der Waals surface area contributed by atoms with Gasteiger partial charge in [0.1, 0.15) is 0 Å². The largest absolute Gasteiger partial charge is 0.371 e. The summed E-state index contributed by atoms with van der Waals surface area (Å²) in [5.74, 6) is -0.840. The monoisotopic (exact) mass is 484 g/mol. The number of nitrogens with one attached hydrogen (secondary N) is 1. The minimum Gasteiger partial charge on any atom is -0.371 e. The van der Waals surface area contributed by atoms with Gasteiger partial charge >= 0.3 is 12.0 Å². The second-order valence-electron chi connectivity index (χ2n) is 8.73. The van der Waals surface area contributed by atoms with Crippen LogP contribution in [-0.4, -0.2) is 48.5 Å². The van der Waals surface area contributed by atoms with Crippen molar-refractivity contribution in [1.29, 1.82) is 0 Å². The highest BCUT2D eigenvalue weighted by molar-refractivity contribution is 6.34. The predicted octanol–water partition coefficient (Wildman–Crippen LogP) is 4.37. The van der Waals surface area contributed by atoms with E-state index in [1.165, 1.54) is 18.2 Å². The Morgan fingerprint density at radius 2 is 1.79 bits per heavy atom. The van der Waals surface area contributed by atoms with Crippen LogP contribution in [0.1, 0.15) is 49.0 Å². The predicted molar refractivity (Wildman–Crippen MR) is 131 cm³/mol. The Bertz CT molecular complexity index is 1090. The van der Waals surface area contributed by atoms with Gasteiger partial charge in [-0.25, -0.2) is 4.79 Å². The normalized spacial score (nSPS) is 18.1. The van der Waals surface area contributed by atoms with Crippen molar-refractivity contribution in [3.05, 3.63) is 58.6 Å². The molecule has 4 rings (SSSR count). The van der Waals surface area contributed by atoms with E-state index in [2.05, 4.69) is 15.2 Å². The number of amides is 3. The van der Waals surface area contributed by atoms with Gasteiger partial charge in [-0.1, -0.05) is 29.8 Å². The lowest BCUT2D eigenvalue weighted by Gasteiger charge is -2.30. The fourth-order valence-electron chi connectivity index (χ4n) is 4.52. The van der Waals surface area contributed by atoms with Crippen LogP contribution in [0.25, 0.3) is 0 Å². The third kappa shape index (κ3) is 5.12. The molecule has 0 aromatic heterocycles. The number of piperidine rings is 1.